The topological polar surface area (TPSA) is 241 Å². The van der Waals surface area contributed by atoms with E-state index in [1.54, 1.807) is 12.1 Å². The molecule has 0 aliphatic heterocycles. The standard InChI is InChI=1S/C42H48N12O6S2.Na.H/c1-7-53(8-2)41-49-37(43-31-19-11-27(5)12-20-31)47-39(51-41)45-33-23-17-29(35(25-33)61(55,56)57)15-16-30-18-24-34(26-36(30)62(58,59)60)46-40-48-38(44-32-21-13-28(6)14-22-32)50-42(52-40)54(9-3)10-4;;/h11-26H,7-10H2,1-6H3,(H,55,56,57)(H,58,59,60)(H2,43,45,47,49,51)(H2,44,46,48,50,52);;. The van der Waals surface area contributed by atoms with Crippen LogP contribution in [0.5, 0.6) is 0 Å². The first-order valence-corrected chi connectivity index (χ1v) is 22.6. The summed E-state index contributed by atoms with van der Waals surface area (Å²) in [6.07, 6.45) is 2.61. The zero-order chi connectivity index (χ0) is 44.6. The normalized spacial score (nSPS) is 11.5. The molecule has 0 spiro atoms. The van der Waals surface area contributed by atoms with Gasteiger partial charge >= 0.3 is 29.6 Å². The molecule has 6 N–H and O–H groups in total. The van der Waals surface area contributed by atoms with Crippen molar-refractivity contribution in [1.29, 1.82) is 0 Å². The van der Waals surface area contributed by atoms with Crippen LogP contribution in [0.2, 0.25) is 0 Å². The van der Waals surface area contributed by atoms with E-state index in [-0.39, 0.29) is 75.9 Å². The Bertz CT molecular complexity index is 2600. The minimum absolute atomic E-state index is 0. The number of anilines is 10. The van der Waals surface area contributed by atoms with E-state index in [1.807, 2.05) is 99.9 Å². The van der Waals surface area contributed by atoms with Crippen molar-refractivity contribution < 1.29 is 25.9 Å². The van der Waals surface area contributed by atoms with E-state index in [9.17, 15) is 25.9 Å². The van der Waals surface area contributed by atoms with Gasteiger partial charge in [0, 0.05) is 48.9 Å². The monoisotopic (exact) mass is 904 g/mol. The van der Waals surface area contributed by atoms with Crippen LogP contribution in [0, 0.1) is 13.8 Å². The fraction of sp³-hybridized carbons (Fsp3) is 0.238. The van der Waals surface area contributed by atoms with Crippen molar-refractivity contribution in [2.75, 3.05) is 57.2 Å². The van der Waals surface area contributed by atoms with Gasteiger partial charge in [0.1, 0.15) is 9.79 Å². The molecule has 0 atom stereocenters. The van der Waals surface area contributed by atoms with Gasteiger partial charge in [-0.05, 0) is 101 Å². The Morgan fingerprint density at radius 2 is 0.762 bits per heavy atom. The first-order chi connectivity index (χ1) is 29.5. The van der Waals surface area contributed by atoms with E-state index in [1.165, 1.54) is 36.4 Å². The van der Waals surface area contributed by atoms with Crippen molar-refractivity contribution in [3.8, 4) is 0 Å². The van der Waals surface area contributed by atoms with Gasteiger partial charge in [-0.15, -0.1) is 0 Å². The number of nitrogens with zero attached hydrogens (tertiary/aromatic N) is 8. The van der Waals surface area contributed by atoms with Gasteiger partial charge in [0.2, 0.25) is 35.7 Å². The molecule has 326 valence electrons. The van der Waals surface area contributed by atoms with E-state index >= 15 is 0 Å². The molecule has 0 saturated heterocycles. The van der Waals surface area contributed by atoms with Crippen LogP contribution in [-0.2, 0) is 20.2 Å². The van der Waals surface area contributed by atoms with Gasteiger partial charge in [0.25, 0.3) is 20.2 Å². The van der Waals surface area contributed by atoms with E-state index < -0.39 is 30.0 Å². The Kier molecular flexibility index (Phi) is 16.2. The second-order valence-electron chi connectivity index (χ2n) is 13.9. The molecule has 4 aromatic carbocycles. The van der Waals surface area contributed by atoms with Crippen LogP contribution in [0.1, 0.15) is 49.9 Å². The first-order valence-electron chi connectivity index (χ1n) is 19.7. The molecular weight excluding hydrogens is 856 g/mol. The third-order valence-corrected chi connectivity index (χ3v) is 11.3. The molecule has 0 aliphatic carbocycles. The van der Waals surface area contributed by atoms with Crippen LogP contribution in [-0.4, -0.2) is 112 Å². The summed E-state index contributed by atoms with van der Waals surface area (Å²) in [4.78, 5) is 30.1. The Balaban J connectivity index is 0.00000748. The van der Waals surface area contributed by atoms with Gasteiger partial charge in [0.15, 0.2) is 0 Å². The Labute approximate surface area is 389 Å². The number of nitrogens with one attached hydrogen (secondary N) is 4. The number of benzene rings is 4. The quantitative estimate of drug-likeness (QED) is 0.0280. The molecule has 0 fully saturated rings. The second-order valence-corrected chi connectivity index (χ2v) is 16.7. The summed E-state index contributed by atoms with van der Waals surface area (Å²) < 4.78 is 71.5. The molecule has 6 aromatic rings. The summed E-state index contributed by atoms with van der Waals surface area (Å²) in [5, 5.41) is 12.4. The van der Waals surface area contributed by atoms with Crippen molar-refractivity contribution in [3.63, 3.8) is 0 Å². The van der Waals surface area contributed by atoms with Crippen molar-refractivity contribution in [1.82, 2.24) is 29.9 Å². The van der Waals surface area contributed by atoms with Crippen molar-refractivity contribution in [2.45, 2.75) is 51.3 Å². The summed E-state index contributed by atoms with van der Waals surface area (Å²) in [6.45, 7) is 14.2. The molecule has 0 radical (unpaired) electrons. The fourth-order valence-electron chi connectivity index (χ4n) is 6.17. The number of aromatic nitrogens is 6. The predicted octanol–water partition coefficient (Wildman–Crippen LogP) is 7.36. The zero-order valence-corrected chi connectivity index (χ0v) is 36.6. The second kappa shape index (κ2) is 21.1. The minimum atomic E-state index is -4.82. The van der Waals surface area contributed by atoms with Gasteiger partial charge in [-0.25, -0.2) is 0 Å². The molecule has 0 saturated carbocycles. The molecule has 0 amide bonds. The average molecular weight is 905 g/mol. The van der Waals surface area contributed by atoms with Crippen molar-refractivity contribution >= 4 is 120 Å². The van der Waals surface area contributed by atoms with Gasteiger partial charge in [0.05, 0.1) is 0 Å². The van der Waals surface area contributed by atoms with E-state index in [0.29, 0.717) is 38.1 Å². The molecule has 21 heteroatoms. The maximum absolute atomic E-state index is 12.7. The molecule has 2 aromatic heterocycles. The molecular formula is C42H49N12NaO6S2. The Hall–Kier alpha value is -5.74. The van der Waals surface area contributed by atoms with Crippen LogP contribution < -0.4 is 31.1 Å². The average Bonchev–Trinajstić information content (AvgIpc) is 3.22. The van der Waals surface area contributed by atoms with Crippen molar-refractivity contribution in [2.24, 2.45) is 0 Å². The van der Waals surface area contributed by atoms with E-state index in [2.05, 4.69) is 51.2 Å². The number of aryl methyl sites for hydroxylation is 2. The van der Waals surface area contributed by atoms with Gasteiger partial charge in [-0.1, -0.05) is 59.7 Å². The van der Waals surface area contributed by atoms with Crippen LogP contribution in [0.3, 0.4) is 0 Å². The van der Waals surface area contributed by atoms with Gasteiger partial charge in [-0.2, -0.15) is 46.7 Å². The summed E-state index contributed by atoms with van der Waals surface area (Å²) in [5.41, 5.74) is 4.15. The molecule has 63 heavy (non-hydrogen) atoms. The summed E-state index contributed by atoms with van der Waals surface area (Å²) in [6, 6.07) is 23.6. The molecule has 0 unspecified atom stereocenters. The SMILES string of the molecule is CCN(CC)c1nc(Nc2ccc(C)cc2)nc(Nc2ccc(C=Cc3ccc(Nc4nc(Nc5ccc(C)cc5)nc(N(CC)CC)n4)cc3S(=O)(=O)O)c(S(=O)(=O)O)c2)n1.[NaH]. The third kappa shape index (κ3) is 12.9. The van der Waals surface area contributed by atoms with E-state index in [4.69, 9.17) is 0 Å². The Morgan fingerprint density at radius 1 is 0.476 bits per heavy atom. The number of hydrogen-bond donors (Lipinski definition) is 6. The zero-order valence-electron chi connectivity index (χ0n) is 35.0. The van der Waals surface area contributed by atoms with Crippen LogP contribution >= 0.6 is 0 Å². The maximum atomic E-state index is 12.7. The predicted molar refractivity (Wildman–Crippen MR) is 251 cm³/mol. The third-order valence-electron chi connectivity index (χ3n) is 9.49. The van der Waals surface area contributed by atoms with Gasteiger partial charge in [-0.3, -0.25) is 9.11 Å². The molecule has 0 bridgehead atoms. The van der Waals surface area contributed by atoms with Crippen LogP contribution in [0.4, 0.5) is 58.4 Å². The molecule has 2 heterocycles. The van der Waals surface area contributed by atoms with Crippen LogP contribution in [0.25, 0.3) is 12.2 Å². The summed E-state index contributed by atoms with van der Waals surface area (Å²) >= 11 is 0. The van der Waals surface area contributed by atoms with Crippen molar-refractivity contribution in [3.05, 3.63) is 107 Å². The Morgan fingerprint density at radius 3 is 1.05 bits per heavy atom. The summed E-state index contributed by atoms with van der Waals surface area (Å²) in [5.74, 6) is 1.46. The van der Waals surface area contributed by atoms with Crippen LogP contribution in [0.15, 0.2) is 94.7 Å². The summed E-state index contributed by atoms with van der Waals surface area (Å²) in [7, 11) is -9.65. The fourth-order valence-corrected chi connectivity index (χ4v) is 7.58. The molecule has 0 aliphatic rings. The number of rotatable bonds is 18. The molecule has 6 rings (SSSR count). The van der Waals surface area contributed by atoms with Gasteiger partial charge < -0.3 is 31.1 Å². The van der Waals surface area contributed by atoms with E-state index in [0.717, 1.165) is 22.5 Å². The first kappa shape index (κ1) is 48.3. The number of hydrogen-bond acceptors (Lipinski definition) is 16. The molecule has 18 nitrogen and oxygen atoms in total.